The third-order valence-corrected chi connectivity index (χ3v) is 1.76. The van der Waals surface area contributed by atoms with Gasteiger partial charge in [0, 0.05) is 19.7 Å². The highest BCUT2D eigenvalue weighted by Crippen LogP contribution is 2.22. The highest BCUT2D eigenvalue weighted by Gasteiger charge is 2.14. The molecule has 0 aliphatic heterocycles. The normalized spacial score (nSPS) is 10.1. The van der Waals surface area contributed by atoms with Crippen molar-refractivity contribution in [2.45, 2.75) is 0 Å². The molecule has 0 aromatic carbocycles. The van der Waals surface area contributed by atoms with Gasteiger partial charge in [-0.05, 0) is 18.3 Å². The van der Waals surface area contributed by atoms with Crippen molar-refractivity contribution in [3.8, 4) is 0 Å². The molecule has 0 atom stereocenters. The first-order valence-corrected chi connectivity index (χ1v) is 4.41. The Bertz CT molecular complexity index is 474. The van der Waals surface area contributed by atoms with Gasteiger partial charge in [0.15, 0.2) is 6.20 Å². The molecule has 1 aromatic heterocycles. The van der Waals surface area contributed by atoms with Gasteiger partial charge in [-0.15, -0.1) is 4.98 Å². The van der Waals surface area contributed by atoms with Gasteiger partial charge in [-0.25, -0.2) is 0 Å². The summed E-state index contributed by atoms with van der Waals surface area (Å²) >= 11 is 0. The smallest absolute Gasteiger partial charge is 0.316 e. The van der Waals surface area contributed by atoms with Crippen LogP contribution in [0.15, 0.2) is 18.5 Å². The minimum absolute atomic E-state index is 0.106. The molecule has 1 rings (SSSR count). The summed E-state index contributed by atoms with van der Waals surface area (Å²) in [5.41, 5.74) is 0.269. The third kappa shape index (κ3) is 2.78. The molecule has 0 aliphatic carbocycles. The Morgan fingerprint density at radius 2 is 2.31 bits per heavy atom. The minimum atomic E-state index is -0.518. The summed E-state index contributed by atoms with van der Waals surface area (Å²) in [4.78, 5) is 18.7. The van der Waals surface area contributed by atoms with Crippen molar-refractivity contribution >= 4 is 17.6 Å². The van der Waals surface area contributed by atoms with Crippen LogP contribution in [0.4, 0.5) is 11.5 Å². The average Bonchev–Trinajstić information content (AvgIpc) is 2.25. The Morgan fingerprint density at radius 1 is 1.62 bits per heavy atom. The lowest BCUT2D eigenvalue weighted by atomic mass is 10.2. The van der Waals surface area contributed by atoms with Gasteiger partial charge < -0.3 is 9.74 Å². The molecule has 0 bridgehead atoms. The van der Waals surface area contributed by atoms with Crippen LogP contribution in [0.3, 0.4) is 0 Å². The second-order valence-corrected chi connectivity index (χ2v) is 3.25. The van der Waals surface area contributed by atoms with E-state index in [9.17, 15) is 10.1 Å². The summed E-state index contributed by atoms with van der Waals surface area (Å²) in [6, 6.07) is 1.39. The SMILES string of the molecule is [C-]#[N+]c1cc(/C=C/N(C)C)c([N+](=O)[O-])cn1. The summed E-state index contributed by atoms with van der Waals surface area (Å²) in [6.07, 6.45) is 4.35. The zero-order valence-corrected chi connectivity index (χ0v) is 8.91. The Morgan fingerprint density at radius 3 is 2.81 bits per heavy atom. The van der Waals surface area contributed by atoms with Crippen LogP contribution in [0, 0.1) is 16.7 Å². The predicted octanol–water partition coefficient (Wildman–Crippen LogP) is 2.07. The molecule has 6 heteroatoms. The topological polar surface area (TPSA) is 63.6 Å². The third-order valence-electron chi connectivity index (χ3n) is 1.76. The summed E-state index contributed by atoms with van der Waals surface area (Å²) in [5.74, 6) is 0.143. The van der Waals surface area contributed by atoms with Gasteiger partial charge in [0.25, 0.3) is 5.82 Å². The second-order valence-electron chi connectivity index (χ2n) is 3.25. The fourth-order valence-corrected chi connectivity index (χ4v) is 1.03. The van der Waals surface area contributed by atoms with Crippen LogP contribution < -0.4 is 0 Å². The number of rotatable bonds is 3. The lowest BCUT2D eigenvalue weighted by molar-refractivity contribution is -0.385. The van der Waals surface area contributed by atoms with E-state index in [1.54, 1.807) is 31.3 Å². The van der Waals surface area contributed by atoms with Crippen LogP contribution >= 0.6 is 0 Å². The van der Waals surface area contributed by atoms with Crippen molar-refractivity contribution in [2.75, 3.05) is 14.1 Å². The average molecular weight is 218 g/mol. The Labute approximate surface area is 92.8 Å². The van der Waals surface area contributed by atoms with Gasteiger partial charge in [0.05, 0.1) is 4.92 Å². The monoisotopic (exact) mass is 218 g/mol. The fourth-order valence-electron chi connectivity index (χ4n) is 1.03. The van der Waals surface area contributed by atoms with E-state index in [2.05, 4.69) is 9.83 Å². The lowest BCUT2D eigenvalue weighted by Crippen LogP contribution is -2.00. The first-order chi connectivity index (χ1) is 7.54. The maximum atomic E-state index is 10.7. The molecule has 0 radical (unpaired) electrons. The van der Waals surface area contributed by atoms with Crippen molar-refractivity contribution in [3.05, 3.63) is 45.6 Å². The molecule has 82 valence electrons. The van der Waals surface area contributed by atoms with E-state index in [1.165, 1.54) is 6.07 Å². The molecule has 0 saturated carbocycles. The molecule has 1 aromatic rings. The first kappa shape index (κ1) is 11.7. The fraction of sp³-hybridized carbons (Fsp3) is 0.200. The number of nitrogens with zero attached hydrogens (tertiary/aromatic N) is 4. The van der Waals surface area contributed by atoms with E-state index in [0.717, 1.165) is 6.20 Å². The molecule has 6 nitrogen and oxygen atoms in total. The van der Waals surface area contributed by atoms with E-state index < -0.39 is 4.92 Å². The van der Waals surface area contributed by atoms with Crippen LogP contribution in [-0.2, 0) is 0 Å². The Hall–Kier alpha value is -2.42. The number of pyridine rings is 1. The summed E-state index contributed by atoms with van der Waals surface area (Å²) in [6.45, 7) is 6.79. The Kier molecular flexibility index (Phi) is 3.56. The zero-order valence-electron chi connectivity index (χ0n) is 8.91. The number of hydrogen-bond donors (Lipinski definition) is 0. The summed E-state index contributed by atoms with van der Waals surface area (Å²) in [5, 5.41) is 10.7. The van der Waals surface area contributed by atoms with Gasteiger partial charge in [-0.2, -0.15) is 0 Å². The molecular formula is C10H10N4O2. The van der Waals surface area contributed by atoms with Crippen LogP contribution in [0.5, 0.6) is 0 Å². The van der Waals surface area contributed by atoms with E-state index in [4.69, 9.17) is 6.57 Å². The van der Waals surface area contributed by atoms with Crippen LogP contribution in [-0.4, -0.2) is 28.9 Å². The molecular weight excluding hydrogens is 208 g/mol. The highest BCUT2D eigenvalue weighted by molar-refractivity contribution is 5.63. The maximum Gasteiger partial charge on any atom is 0.316 e. The van der Waals surface area contributed by atoms with E-state index in [1.807, 2.05) is 0 Å². The Balaban J connectivity index is 3.22. The maximum absolute atomic E-state index is 10.7. The summed E-state index contributed by atoms with van der Waals surface area (Å²) < 4.78 is 0. The minimum Gasteiger partial charge on any atom is -0.383 e. The summed E-state index contributed by atoms with van der Waals surface area (Å²) in [7, 11) is 3.61. The predicted molar refractivity (Wildman–Crippen MR) is 59.9 cm³/mol. The van der Waals surface area contributed by atoms with Crippen LogP contribution in [0.2, 0.25) is 0 Å². The van der Waals surface area contributed by atoms with Gasteiger partial charge in [0.2, 0.25) is 0 Å². The zero-order chi connectivity index (χ0) is 12.1. The number of nitro groups is 1. The van der Waals surface area contributed by atoms with Crippen molar-refractivity contribution < 1.29 is 4.92 Å². The molecule has 0 amide bonds. The van der Waals surface area contributed by atoms with Gasteiger partial charge in [-0.1, -0.05) is 6.57 Å². The highest BCUT2D eigenvalue weighted by atomic mass is 16.6. The number of hydrogen-bond acceptors (Lipinski definition) is 4. The molecule has 0 unspecified atom stereocenters. The molecule has 0 aliphatic rings. The van der Waals surface area contributed by atoms with E-state index in [0.29, 0.717) is 5.56 Å². The molecule has 0 saturated heterocycles. The lowest BCUT2D eigenvalue weighted by Gasteiger charge is -2.03. The van der Waals surface area contributed by atoms with Crippen LogP contribution in [0.1, 0.15) is 5.56 Å². The van der Waals surface area contributed by atoms with Crippen LogP contribution in [0.25, 0.3) is 10.9 Å². The molecule has 16 heavy (non-hydrogen) atoms. The quantitative estimate of drug-likeness (QED) is 0.442. The van der Waals surface area contributed by atoms with Crippen molar-refractivity contribution in [3.63, 3.8) is 0 Å². The van der Waals surface area contributed by atoms with E-state index >= 15 is 0 Å². The van der Waals surface area contributed by atoms with E-state index in [-0.39, 0.29) is 11.5 Å². The molecule has 1 heterocycles. The standard InChI is InChI=1S/C10H10N4O2/c1-11-10-6-8(4-5-13(2)3)9(7-12-10)14(15)16/h4-7H,2-3H3/b5-4+. The molecule has 0 spiro atoms. The van der Waals surface area contributed by atoms with Crippen molar-refractivity contribution in [2.24, 2.45) is 0 Å². The van der Waals surface area contributed by atoms with Gasteiger partial charge in [0.1, 0.15) is 0 Å². The van der Waals surface area contributed by atoms with Gasteiger partial charge in [-0.3, -0.25) is 10.1 Å². The van der Waals surface area contributed by atoms with Crippen molar-refractivity contribution in [1.82, 2.24) is 9.88 Å². The van der Waals surface area contributed by atoms with Crippen molar-refractivity contribution in [1.29, 1.82) is 0 Å². The molecule has 0 N–H and O–H groups in total. The second kappa shape index (κ2) is 4.89. The van der Waals surface area contributed by atoms with Gasteiger partial charge >= 0.3 is 5.69 Å². The largest absolute Gasteiger partial charge is 0.383 e. The molecule has 0 fully saturated rings. The first-order valence-electron chi connectivity index (χ1n) is 4.41. The number of aromatic nitrogens is 1.